The number of hydrogen-bond acceptors (Lipinski definition) is 4. The normalized spacial score (nSPS) is 19.3. The zero-order valence-electron chi connectivity index (χ0n) is 14.9. The molecule has 0 radical (unpaired) electrons. The second-order valence-corrected chi connectivity index (χ2v) is 6.70. The van der Waals surface area contributed by atoms with Crippen molar-refractivity contribution in [1.82, 2.24) is 15.2 Å². The van der Waals surface area contributed by atoms with Crippen molar-refractivity contribution in [3.05, 3.63) is 54.1 Å². The number of pyridine rings is 1. The van der Waals surface area contributed by atoms with Crippen LogP contribution < -0.4 is 5.32 Å². The molecule has 0 amide bonds. The molecule has 26 heavy (non-hydrogen) atoms. The minimum Gasteiger partial charge on any atom is -0.480 e. The van der Waals surface area contributed by atoms with E-state index in [0.29, 0.717) is 24.2 Å². The summed E-state index contributed by atoms with van der Waals surface area (Å²) in [5, 5.41) is 12.3. The van der Waals surface area contributed by atoms with Crippen molar-refractivity contribution in [3.63, 3.8) is 0 Å². The van der Waals surface area contributed by atoms with Gasteiger partial charge < -0.3 is 10.4 Å². The maximum Gasteiger partial charge on any atom is 0.317 e. The van der Waals surface area contributed by atoms with Crippen LogP contribution in [0.3, 0.4) is 0 Å². The van der Waals surface area contributed by atoms with Gasteiger partial charge in [-0.2, -0.15) is 0 Å². The molecule has 0 spiro atoms. The molecule has 0 aliphatic heterocycles. The van der Waals surface area contributed by atoms with E-state index in [1.54, 1.807) is 18.5 Å². The van der Waals surface area contributed by atoms with Crippen molar-refractivity contribution < 1.29 is 14.3 Å². The average molecular weight is 357 g/mol. The second kappa shape index (κ2) is 8.38. The van der Waals surface area contributed by atoms with Crippen LogP contribution in [0.1, 0.15) is 25.3 Å². The van der Waals surface area contributed by atoms with E-state index in [-0.39, 0.29) is 12.4 Å². The number of carboxylic acids is 1. The van der Waals surface area contributed by atoms with Gasteiger partial charge in [0, 0.05) is 36.6 Å². The zero-order valence-corrected chi connectivity index (χ0v) is 14.9. The minimum atomic E-state index is -0.792. The van der Waals surface area contributed by atoms with Crippen LogP contribution >= 0.6 is 0 Å². The Bertz CT molecular complexity index is 748. The number of nitrogens with one attached hydrogen (secondary N) is 1. The highest BCUT2D eigenvalue weighted by molar-refractivity contribution is 5.69. The topological polar surface area (TPSA) is 65.5 Å². The Labute approximate surface area is 152 Å². The number of likely N-dealkylation sites (N-methyl/N-ethyl adjacent to an activating group) is 1. The highest BCUT2D eigenvalue weighted by atomic mass is 19.1. The summed E-state index contributed by atoms with van der Waals surface area (Å²) in [6.45, 7) is 3.27. The summed E-state index contributed by atoms with van der Waals surface area (Å²) in [5.74, 6) is -1.01. The Morgan fingerprint density at radius 3 is 2.62 bits per heavy atom. The number of carboxylic acid groups (broad SMARTS) is 1. The third-order valence-corrected chi connectivity index (χ3v) is 5.02. The minimum absolute atomic E-state index is 0.0823. The summed E-state index contributed by atoms with van der Waals surface area (Å²) in [6.07, 6.45) is 5.19. The summed E-state index contributed by atoms with van der Waals surface area (Å²) in [6, 6.07) is 9.62. The molecule has 2 N–H and O–H groups in total. The van der Waals surface area contributed by atoms with E-state index in [4.69, 9.17) is 5.11 Å². The molecule has 1 aromatic carbocycles. The van der Waals surface area contributed by atoms with E-state index in [9.17, 15) is 9.18 Å². The first kappa shape index (κ1) is 18.5. The fourth-order valence-electron chi connectivity index (χ4n) is 3.39. The molecule has 1 heterocycles. The van der Waals surface area contributed by atoms with Crippen LogP contribution in [0.2, 0.25) is 0 Å². The van der Waals surface area contributed by atoms with Gasteiger partial charge in [-0.1, -0.05) is 19.1 Å². The van der Waals surface area contributed by atoms with Gasteiger partial charge in [0.15, 0.2) is 0 Å². The standard InChI is InChI=1S/C20H24FN3O2/c1-2-24(13-20(25)26)18-10-17(11-18)23-12-16-4-3-15(9-19(16)21)14-5-7-22-8-6-14/h3-9,17-18,23H,2,10-13H2,1H3,(H,25,26). The molecule has 0 unspecified atom stereocenters. The fraction of sp³-hybridized carbons (Fsp3) is 0.400. The first-order valence-electron chi connectivity index (χ1n) is 8.95. The van der Waals surface area contributed by atoms with Crippen LogP contribution in [0.15, 0.2) is 42.7 Å². The zero-order chi connectivity index (χ0) is 18.5. The Hall–Kier alpha value is -2.31. The molecule has 6 heteroatoms. The number of benzene rings is 1. The molecule has 1 aliphatic rings. The molecule has 1 fully saturated rings. The van der Waals surface area contributed by atoms with Crippen LogP contribution in [0.5, 0.6) is 0 Å². The summed E-state index contributed by atoms with van der Waals surface area (Å²) < 4.78 is 14.4. The molecule has 1 saturated carbocycles. The summed E-state index contributed by atoms with van der Waals surface area (Å²) in [4.78, 5) is 16.8. The maximum atomic E-state index is 14.4. The third kappa shape index (κ3) is 4.45. The van der Waals surface area contributed by atoms with Crippen molar-refractivity contribution in [2.75, 3.05) is 13.1 Å². The molecule has 1 aromatic heterocycles. The van der Waals surface area contributed by atoms with Crippen molar-refractivity contribution in [2.24, 2.45) is 0 Å². The summed E-state index contributed by atoms with van der Waals surface area (Å²) >= 11 is 0. The van der Waals surface area contributed by atoms with Gasteiger partial charge in [0.05, 0.1) is 6.54 Å². The highest BCUT2D eigenvalue weighted by Crippen LogP contribution is 2.26. The van der Waals surface area contributed by atoms with E-state index in [1.807, 2.05) is 36.1 Å². The molecule has 0 bridgehead atoms. The smallest absolute Gasteiger partial charge is 0.317 e. The maximum absolute atomic E-state index is 14.4. The molecule has 138 valence electrons. The number of rotatable bonds is 8. The van der Waals surface area contributed by atoms with Crippen molar-refractivity contribution in [2.45, 2.75) is 38.4 Å². The molecule has 2 aromatic rings. The van der Waals surface area contributed by atoms with Crippen molar-refractivity contribution in [3.8, 4) is 11.1 Å². The molecule has 1 aliphatic carbocycles. The fourth-order valence-corrected chi connectivity index (χ4v) is 3.39. The molecule has 5 nitrogen and oxygen atoms in total. The van der Waals surface area contributed by atoms with Crippen molar-refractivity contribution >= 4 is 5.97 Å². The largest absolute Gasteiger partial charge is 0.480 e. The van der Waals surface area contributed by atoms with E-state index in [2.05, 4.69) is 10.3 Å². The highest BCUT2D eigenvalue weighted by Gasteiger charge is 2.33. The van der Waals surface area contributed by atoms with Crippen LogP contribution in [0.25, 0.3) is 11.1 Å². The quantitative estimate of drug-likeness (QED) is 0.760. The van der Waals surface area contributed by atoms with Gasteiger partial charge in [-0.05, 0) is 48.7 Å². The Morgan fingerprint density at radius 1 is 1.27 bits per heavy atom. The number of halogens is 1. The Kier molecular flexibility index (Phi) is 5.96. The molecular weight excluding hydrogens is 333 g/mol. The lowest BCUT2D eigenvalue weighted by molar-refractivity contribution is -0.139. The monoisotopic (exact) mass is 357 g/mol. The lowest BCUT2D eigenvalue weighted by Gasteiger charge is -2.42. The van der Waals surface area contributed by atoms with Crippen molar-refractivity contribution in [1.29, 1.82) is 0 Å². The predicted molar refractivity (Wildman–Crippen MR) is 98.2 cm³/mol. The Morgan fingerprint density at radius 2 is 2.00 bits per heavy atom. The van der Waals surface area contributed by atoms with Gasteiger partial charge in [-0.25, -0.2) is 4.39 Å². The number of nitrogens with zero attached hydrogens (tertiary/aromatic N) is 2. The second-order valence-electron chi connectivity index (χ2n) is 6.70. The van der Waals surface area contributed by atoms with Crippen LogP contribution in [-0.2, 0) is 11.3 Å². The van der Waals surface area contributed by atoms with Crippen LogP contribution in [0, 0.1) is 5.82 Å². The van der Waals surface area contributed by atoms with E-state index in [1.165, 1.54) is 0 Å². The molecule has 0 saturated heterocycles. The lowest BCUT2D eigenvalue weighted by Crippen LogP contribution is -2.53. The number of aromatic nitrogens is 1. The first-order valence-corrected chi connectivity index (χ1v) is 8.95. The van der Waals surface area contributed by atoms with Gasteiger partial charge in [0.2, 0.25) is 0 Å². The van der Waals surface area contributed by atoms with Crippen LogP contribution in [-0.4, -0.2) is 46.1 Å². The van der Waals surface area contributed by atoms with E-state index in [0.717, 1.165) is 30.5 Å². The van der Waals surface area contributed by atoms with Gasteiger partial charge in [0.1, 0.15) is 5.82 Å². The lowest BCUT2D eigenvalue weighted by atomic mass is 9.85. The molecule has 0 atom stereocenters. The van der Waals surface area contributed by atoms with Gasteiger partial charge in [0.25, 0.3) is 0 Å². The predicted octanol–water partition coefficient (Wildman–Crippen LogP) is 2.91. The SMILES string of the molecule is CCN(CC(=O)O)C1CC(NCc2ccc(-c3ccncc3)cc2F)C1. The average Bonchev–Trinajstić information content (AvgIpc) is 2.60. The van der Waals surface area contributed by atoms with Gasteiger partial charge >= 0.3 is 5.97 Å². The Balaban J connectivity index is 1.51. The first-order chi connectivity index (χ1) is 12.6. The summed E-state index contributed by atoms with van der Waals surface area (Å²) in [7, 11) is 0. The van der Waals surface area contributed by atoms with E-state index < -0.39 is 5.97 Å². The number of carbonyl (C=O) groups is 1. The van der Waals surface area contributed by atoms with E-state index >= 15 is 0 Å². The number of aliphatic carboxylic acids is 1. The van der Waals surface area contributed by atoms with Gasteiger partial charge in [-0.15, -0.1) is 0 Å². The molecule has 3 rings (SSSR count). The third-order valence-electron chi connectivity index (χ3n) is 5.02. The van der Waals surface area contributed by atoms with Crippen LogP contribution in [0.4, 0.5) is 4.39 Å². The summed E-state index contributed by atoms with van der Waals surface area (Å²) in [5.41, 5.74) is 2.42. The van der Waals surface area contributed by atoms with Gasteiger partial charge in [-0.3, -0.25) is 14.7 Å². The number of hydrogen-bond donors (Lipinski definition) is 2. The molecular formula is C20H24FN3O2.